The molecule has 49 heavy (non-hydrogen) atoms. The Morgan fingerprint density at radius 3 is 1.78 bits per heavy atom. The van der Waals surface area contributed by atoms with E-state index >= 15 is 0 Å². The molecule has 10 aromatic rings. The Hall–Kier alpha value is -5.74. The smallest absolute Gasteiger partial charge is 0.0718 e. The topological polar surface area (TPSA) is 3.24 Å². The number of anilines is 3. The largest absolute Gasteiger partial charge is 0.308 e. The second kappa shape index (κ2) is 11.5. The van der Waals surface area contributed by atoms with Crippen LogP contribution in [0.2, 0.25) is 0 Å². The average Bonchev–Trinajstić information content (AvgIpc) is 3.74. The summed E-state index contributed by atoms with van der Waals surface area (Å²) < 4.78 is 5.24. The molecule has 2 aromatic heterocycles. The number of nitrogens with zero attached hydrogens (tertiary/aromatic N) is 1. The van der Waals surface area contributed by atoms with E-state index in [2.05, 4.69) is 181 Å². The van der Waals surface area contributed by atoms with Crippen molar-refractivity contribution in [1.29, 1.82) is 0 Å². The summed E-state index contributed by atoms with van der Waals surface area (Å²) in [5.41, 5.74) is 8.34. The maximum Gasteiger partial charge on any atom is 0.0718 e. The fourth-order valence-electron chi connectivity index (χ4n) is 7.28. The molecule has 0 saturated heterocycles. The van der Waals surface area contributed by atoms with Crippen LogP contribution in [0.5, 0.6) is 0 Å². The molecule has 0 aliphatic heterocycles. The summed E-state index contributed by atoms with van der Waals surface area (Å²) >= 11 is 3.75. The van der Waals surface area contributed by atoms with Crippen molar-refractivity contribution in [1.82, 2.24) is 0 Å². The van der Waals surface area contributed by atoms with E-state index in [0.717, 1.165) is 11.4 Å². The Labute approximate surface area is 292 Å². The van der Waals surface area contributed by atoms with Crippen molar-refractivity contribution >= 4 is 90.9 Å². The highest BCUT2D eigenvalue weighted by atomic mass is 32.1. The Balaban J connectivity index is 1.20. The van der Waals surface area contributed by atoms with Crippen molar-refractivity contribution in [2.75, 3.05) is 4.90 Å². The number of rotatable bonds is 5. The van der Waals surface area contributed by atoms with E-state index in [-0.39, 0.29) is 0 Å². The van der Waals surface area contributed by atoms with Gasteiger partial charge in [0.25, 0.3) is 0 Å². The molecule has 0 unspecified atom stereocenters. The molecule has 230 valence electrons. The molecule has 0 spiro atoms. The van der Waals surface area contributed by atoms with Gasteiger partial charge < -0.3 is 4.90 Å². The highest BCUT2D eigenvalue weighted by molar-refractivity contribution is 7.26. The van der Waals surface area contributed by atoms with Crippen LogP contribution in [-0.4, -0.2) is 0 Å². The Morgan fingerprint density at radius 2 is 0.959 bits per heavy atom. The minimum Gasteiger partial charge on any atom is -0.308 e. The third-order valence-corrected chi connectivity index (χ3v) is 12.0. The van der Waals surface area contributed by atoms with Gasteiger partial charge in [0.1, 0.15) is 0 Å². The maximum absolute atomic E-state index is 2.48. The van der Waals surface area contributed by atoms with Crippen molar-refractivity contribution in [2.45, 2.75) is 0 Å². The van der Waals surface area contributed by atoms with Crippen molar-refractivity contribution in [3.63, 3.8) is 0 Å². The predicted molar refractivity (Wildman–Crippen MR) is 215 cm³/mol. The van der Waals surface area contributed by atoms with Gasteiger partial charge in [-0.05, 0) is 69.9 Å². The van der Waals surface area contributed by atoms with E-state index in [9.17, 15) is 0 Å². The summed E-state index contributed by atoms with van der Waals surface area (Å²) in [5, 5.41) is 7.71. The van der Waals surface area contributed by atoms with Gasteiger partial charge in [0.05, 0.1) is 10.4 Å². The van der Waals surface area contributed by atoms with Gasteiger partial charge in [-0.3, -0.25) is 0 Å². The molecule has 0 radical (unpaired) electrons. The Bertz CT molecular complexity index is 2830. The fraction of sp³-hybridized carbons (Fsp3) is 0. The lowest BCUT2D eigenvalue weighted by molar-refractivity contribution is 1.31. The first-order valence-corrected chi connectivity index (χ1v) is 18.2. The van der Waals surface area contributed by atoms with Gasteiger partial charge in [0, 0.05) is 52.6 Å². The van der Waals surface area contributed by atoms with Crippen molar-refractivity contribution in [3.05, 3.63) is 176 Å². The Morgan fingerprint density at radius 1 is 0.347 bits per heavy atom. The molecule has 2 heterocycles. The summed E-state index contributed by atoms with van der Waals surface area (Å²) in [5.74, 6) is 0. The summed E-state index contributed by atoms with van der Waals surface area (Å²) in [7, 11) is 0. The van der Waals surface area contributed by atoms with E-state index in [4.69, 9.17) is 0 Å². The summed E-state index contributed by atoms with van der Waals surface area (Å²) in [4.78, 5) is 2.48. The average molecular weight is 660 g/mol. The number of thiophene rings is 2. The molecular weight excluding hydrogens is 631 g/mol. The van der Waals surface area contributed by atoms with Gasteiger partial charge in [-0.15, -0.1) is 22.7 Å². The van der Waals surface area contributed by atoms with Crippen LogP contribution in [0.15, 0.2) is 176 Å². The van der Waals surface area contributed by atoms with Gasteiger partial charge in [-0.2, -0.15) is 0 Å². The minimum absolute atomic E-state index is 1.13. The van der Waals surface area contributed by atoms with Gasteiger partial charge in [0.15, 0.2) is 0 Å². The number of hydrogen-bond donors (Lipinski definition) is 0. The molecule has 3 heteroatoms. The van der Waals surface area contributed by atoms with E-state index in [1.165, 1.54) is 79.1 Å². The quantitative estimate of drug-likeness (QED) is 0.178. The SMILES string of the molecule is c1ccc(-c2ccc3c(sc4ccccc43)c2N(c2ccc(-c3ccc4c(c3)sc3ccccc34)cc2)c2ccc3ccccc3c2)cc1. The lowest BCUT2D eigenvalue weighted by atomic mass is 9.98. The molecular formula is C46H29NS2. The van der Waals surface area contributed by atoms with Crippen LogP contribution >= 0.6 is 22.7 Å². The van der Waals surface area contributed by atoms with E-state index in [1.54, 1.807) is 0 Å². The van der Waals surface area contributed by atoms with Crippen LogP contribution in [0.4, 0.5) is 17.1 Å². The van der Waals surface area contributed by atoms with Crippen LogP contribution < -0.4 is 4.90 Å². The molecule has 0 aliphatic carbocycles. The third kappa shape index (κ3) is 4.74. The lowest BCUT2D eigenvalue weighted by Gasteiger charge is -2.29. The molecule has 0 bridgehead atoms. The molecule has 0 N–H and O–H groups in total. The van der Waals surface area contributed by atoms with E-state index < -0.39 is 0 Å². The lowest BCUT2D eigenvalue weighted by Crippen LogP contribution is -2.11. The maximum atomic E-state index is 2.48. The van der Waals surface area contributed by atoms with E-state index in [1.807, 2.05) is 22.7 Å². The summed E-state index contributed by atoms with van der Waals surface area (Å²) in [6.45, 7) is 0. The first-order valence-electron chi connectivity index (χ1n) is 16.6. The molecule has 0 atom stereocenters. The molecule has 0 saturated carbocycles. The minimum atomic E-state index is 1.13. The second-order valence-electron chi connectivity index (χ2n) is 12.5. The molecule has 1 nitrogen and oxygen atoms in total. The van der Waals surface area contributed by atoms with Gasteiger partial charge in [0.2, 0.25) is 0 Å². The monoisotopic (exact) mass is 659 g/mol. The molecule has 8 aromatic carbocycles. The normalized spacial score (nSPS) is 11.7. The molecule has 0 amide bonds. The van der Waals surface area contributed by atoms with Crippen molar-refractivity contribution in [2.24, 2.45) is 0 Å². The first-order chi connectivity index (χ1) is 24.3. The van der Waals surface area contributed by atoms with Gasteiger partial charge in [-0.25, -0.2) is 0 Å². The number of fused-ring (bicyclic) bond motifs is 7. The number of hydrogen-bond acceptors (Lipinski definition) is 3. The highest BCUT2D eigenvalue weighted by Gasteiger charge is 2.23. The van der Waals surface area contributed by atoms with Crippen molar-refractivity contribution in [3.8, 4) is 22.3 Å². The number of benzene rings is 8. The zero-order valence-corrected chi connectivity index (χ0v) is 28.1. The highest BCUT2D eigenvalue weighted by Crippen LogP contribution is 2.50. The van der Waals surface area contributed by atoms with Crippen LogP contribution in [0, 0.1) is 0 Å². The van der Waals surface area contributed by atoms with Crippen molar-refractivity contribution < 1.29 is 0 Å². The molecule has 0 aliphatic rings. The standard InChI is InChI=1S/C46H29NS2/c1-2-11-32(12-3-1)37-26-27-41-39-15-7-9-17-43(39)49-46(41)45(37)47(36-24-20-30-10-4-5-13-33(30)28-36)35-22-18-31(19-23-35)34-21-25-40-38-14-6-8-16-42(38)48-44(40)29-34/h1-29H. The third-order valence-electron chi connectivity index (χ3n) is 9.66. The van der Waals surface area contributed by atoms with E-state index in [0.29, 0.717) is 0 Å². The molecule has 10 rings (SSSR count). The summed E-state index contributed by atoms with van der Waals surface area (Å²) in [6, 6.07) is 64.5. The van der Waals surface area contributed by atoms with Gasteiger partial charge in [-0.1, -0.05) is 133 Å². The van der Waals surface area contributed by atoms with Crippen LogP contribution in [0.3, 0.4) is 0 Å². The second-order valence-corrected chi connectivity index (χ2v) is 14.7. The van der Waals surface area contributed by atoms with Crippen LogP contribution in [-0.2, 0) is 0 Å². The molecule has 0 fully saturated rings. The first kappa shape index (κ1) is 28.3. The Kier molecular flexibility index (Phi) is 6.61. The summed E-state index contributed by atoms with van der Waals surface area (Å²) in [6.07, 6.45) is 0. The zero-order valence-electron chi connectivity index (χ0n) is 26.5. The van der Waals surface area contributed by atoms with Crippen LogP contribution in [0.1, 0.15) is 0 Å². The van der Waals surface area contributed by atoms with Gasteiger partial charge >= 0.3 is 0 Å². The predicted octanol–water partition coefficient (Wildman–Crippen LogP) is 14.4. The van der Waals surface area contributed by atoms with Crippen LogP contribution in [0.25, 0.3) is 73.4 Å². The zero-order chi connectivity index (χ0) is 32.3. The fourth-order valence-corrected chi connectivity index (χ4v) is 9.66.